The molecule has 30 heavy (non-hydrogen) atoms. The highest BCUT2D eigenvalue weighted by Crippen LogP contribution is 2.23. The molecule has 0 radical (unpaired) electrons. The second kappa shape index (κ2) is 8.97. The molecule has 6 heteroatoms. The van der Waals surface area contributed by atoms with Crippen molar-refractivity contribution in [3.8, 4) is 5.75 Å². The molecule has 0 atom stereocenters. The number of amides is 1. The normalized spacial score (nSPS) is 11.1. The molecule has 0 unspecified atom stereocenters. The van der Waals surface area contributed by atoms with Gasteiger partial charge in [0.25, 0.3) is 5.91 Å². The average molecular weight is 462 g/mol. The number of halogens is 1. The number of ether oxygens (including phenoxy) is 1. The van der Waals surface area contributed by atoms with Gasteiger partial charge in [0.1, 0.15) is 5.75 Å². The Morgan fingerprint density at radius 1 is 1.10 bits per heavy atom. The lowest BCUT2D eigenvalue weighted by Gasteiger charge is -2.07. The van der Waals surface area contributed by atoms with Crippen LogP contribution in [-0.2, 0) is 6.54 Å². The van der Waals surface area contributed by atoms with Gasteiger partial charge in [-0.25, -0.2) is 5.43 Å². The van der Waals surface area contributed by atoms with E-state index in [0.29, 0.717) is 11.3 Å². The summed E-state index contributed by atoms with van der Waals surface area (Å²) in [6.45, 7) is 0.761. The number of rotatable bonds is 6. The highest BCUT2D eigenvalue weighted by molar-refractivity contribution is 9.10. The monoisotopic (exact) mass is 461 g/mol. The zero-order valence-corrected chi connectivity index (χ0v) is 18.0. The van der Waals surface area contributed by atoms with Gasteiger partial charge in [-0.2, -0.15) is 5.10 Å². The maximum Gasteiger partial charge on any atom is 0.275 e. The second-order valence-electron chi connectivity index (χ2n) is 6.76. The van der Waals surface area contributed by atoms with Gasteiger partial charge in [-0.15, -0.1) is 0 Å². The molecular formula is C24H20BrN3O2. The van der Waals surface area contributed by atoms with Crippen LogP contribution in [0.4, 0.5) is 0 Å². The number of methoxy groups -OCH3 is 1. The molecule has 0 bridgehead atoms. The molecule has 150 valence electrons. The van der Waals surface area contributed by atoms with E-state index in [2.05, 4.69) is 55.3 Å². The fraction of sp³-hybridized carbons (Fsp3) is 0.0833. The van der Waals surface area contributed by atoms with Crippen LogP contribution in [0.1, 0.15) is 21.5 Å². The van der Waals surface area contributed by atoms with E-state index in [0.717, 1.165) is 27.5 Å². The number of nitrogens with one attached hydrogen (secondary N) is 1. The number of carbonyl (C=O) groups is 1. The first-order valence-electron chi connectivity index (χ1n) is 9.44. The van der Waals surface area contributed by atoms with Crippen LogP contribution in [0.15, 0.2) is 88.6 Å². The third kappa shape index (κ3) is 4.28. The molecule has 0 saturated heterocycles. The van der Waals surface area contributed by atoms with E-state index in [1.807, 2.05) is 42.6 Å². The number of hydrazone groups is 1. The van der Waals surface area contributed by atoms with Gasteiger partial charge >= 0.3 is 0 Å². The van der Waals surface area contributed by atoms with Gasteiger partial charge in [0, 0.05) is 33.7 Å². The highest BCUT2D eigenvalue weighted by Gasteiger charge is 2.12. The van der Waals surface area contributed by atoms with E-state index in [9.17, 15) is 4.79 Å². The third-order valence-corrected chi connectivity index (χ3v) is 5.28. The minimum absolute atomic E-state index is 0.336. The molecule has 4 aromatic rings. The van der Waals surface area contributed by atoms with Gasteiger partial charge in [0.05, 0.1) is 18.9 Å². The molecule has 0 aliphatic heterocycles. The van der Waals surface area contributed by atoms with Crippen molar-refractivity contribution < 1.29 is 9.53 Å². The van der Waals surface area contributed by atoms with Crippen molar-refractivity contribution in [1.29, 1.82) is 0 Å². The van der Waals surface area contributed by atoms with E-state index in [4.69, 9.17) is 4.74 Å². The molecule has 1 heterocycles. The molecule has 0 saturated carbocycles. The summed E-state index contributed by atoms with van der Waals surface area (Å²) in [5, 5.41) is 5.26. The number of nitrogens with zero attached hydrogens (tertiary/aromatic N) is 2. The number of para-hydroxylation sites is 1. The summed E-state index contributed by atoms with van der Waals surface area (Å²) in [6, 6.07) is 23.7. The summed E-state index contributed by atoms with van der Waals surface area (Å²) in [4.78, 5) is 12.5. The quantitative estimate of drug-likeness (QED) is 0.315. The lowest BCUT2D eigenvalue weighted by Crippen LogP contribution is -2.18. The van der Waals surface area contributed by atoms with E-state index >= 15 is 0 Å². The summed E-state index contributed by atoms with van der Waals surface area (Å²) in [7, 11) is 1.53. The van der Waals surface area contributed by atoms with Crippen LogP contribution in [0.2, 0.25) is 0 Å². The standard InChI is InChI=1S/C24H20BrN3O2/c1-30-23-12-11-19(25)13-21(23)24(29)27-26-14-18-16-28(15-17-7-3-2-4-8-17)22-10-6-5-9-20(18)22/h2-14,16H,15H2,1H3,(H,27,29)/b26-14-. The molecule has 0 aliphatic rings. The Morgan fingerprint density at radius 2 is 1.87 bits per heavy atom. The van der Waals surface area contributed by atoms with Gasteiger partial charge in [0.15, 0.2) is 0 Å². The summed E-state index contributed by atoms with van der Waals surface area (Å²) in [5.41, 5.74) is 6.27. The lowest BCUT2D eigenvalue weighted by atomic mass is 10.2. The largest absolute Gasteiger partial charge is 0.496 e. The Hall–Kier alpha value is -3.38. The van der Waals surface area contributed by atoms with Gasteiger partial charge in [-0.1, -0.05) is 64.5 Å². The summed E-state index contributed by atoms with van der Waals surface area (Å²) < 4.78 is 8.25. The van der Waals surface area contributed by atoms with Crippen molar-refractivity contribution in [1.82, 2.24) is 9.99 Å². The van der Waals surface area contributed by atoms with Crippen molar-refractivity contribution in [3.63, 3.8) is 0 Å². The first-order chi connectivity index (χ1) is 14.7. The van der Waals surface area contributed by atoms with Crippen LogP contribution in [0.3, 0.4) is 0 Å². The predicted octanol–water partition coefficient (Wildman–Crippen LogP) is 5.22. The smallest absolute Gasteiger partial charge is 0.275 e. The average Bonchev–Trinajstić information content (AvgIpc) is 3.12. The van der Waals surface area contributed by atoms with Crippen LogP contribution in [0, 0.1) is 0 Å². The Morgan fingerprint density at radius 3 is 2.67 bits per heavy atom. The SMILES string of the molecule is COc1ccc(Br)cc1C(=O)N/N=C\c1cn(Cc2ccccc2)c2ccccc12. The van der Waals surface area contributed by atoms with Crippen molar-refractivity contribution >= 4 is 39.0 Å². The zero-order valence-electron chi connectivity index (χ0n) is 16.4. The van der Waals surface area contributed by atoms with Crippen LogP contribution < -0.4 is 10.2 Å². The van der Waals surface area contributed by atoms with Crippen molar-refractivity contribution in [2.45, 2.75) is 6.54 Å². The molecule has 0 aliphatic carbocycles. The Bertz CT molecular complexity index is 1220. The first kappa shape index (κ1) is 19.9. The second-order valence-corrected chi connectivity index (χ2v) is 7.67. The van der Waals surface area contributed by atoms with E-state index in [1.165, 1.54) is 12.7 Å². The minimum atomic E-state index is -0.336. The third-order valence-electron chi connectivity index (χ3n) is 4.79. The van der Waals surface area contributed by atoms with Crippen LogP contribution in [-0.4, -0.2) is 23.8 Å². The maximum atomic E-state index is 12.5. The van der Waals surface area contributed by atoms with Crippen LogP contribution in [0.25, 0.3) is 10.9 Å². The van der Waals surface area contributed by atoms with E-state index in [-0.39, 0.29) is 5.91 Å². The van der Waals surface area contributed by atoms with Crippen LogP contribution >= 0.6 is 15.9 Å². The van der Waals surface area contributed by atoms with Gasteiger partial charge in [-0.3, -0.25) is 4.79 Å². The fourth-order valence-electron chi connectivity index (χ4n) is 3.37. The van der Waals surface area contributed by atoms with Crippen molar-refractivity contribution in [2.75, 3.05) is 7.11 Å². The van der Waals surface area contributed by atoms with Gasteiger partial charge in [-0.05, 0) is 29.8 Å². The molecule has 0 spiro atoms. The zero-order chi connectivity index (χ0) is 20.9. The Balaban J connectivity index is 1.57. The summed E-state index contributed by atoms with van der Waals surface area (Å²) >= 11 is 3.38. The van der Waals surface area contributed by atoms with Crippen molar-refractivity contribution in [3.05, 3.63) is 100 Å². The number of hydrogen-bond acceptors (Lipinski definition) is 3. The lowest BCUT2D eigenvalue weighted by molar-refractivity contribution is 0.0952. The number of benzene rings is 3. The first-order valence-corrected chi connectivity index (χ1v) is 10.2. The number of carbonyl (C=O) groups excluding carboxylic acids is 1. The summed E-state index contributed by atoms with van der Waals surface area (Å²) in [5.74, 6) is 0.155. The molecule has 3 aromatic carbocycles. The topological polar surface area (TPSA) is 55.6 Å². The Kier molecular flexibility index (Phi) is 5.95. The maximum absolute atomic E-state index is 12.5. The molecule has 5 nitrogen and oxygen atoms in total. The Labute approximate surface area is 183 Å². The number of aromatic nitrogens is 1. The molecular weight excluding hydrogens is 442 g/mol. The molecule has 1 amide bonds. The molecule has 1 N–H and O–H groups in total. The summed E-state index contributed by atoms with van der Waals surface area (Å²) in [6.07, 6.45) is 3.72. The number of hydrogen-bond donors (Lipinski definition) is 1. The highest BCUT2D eigenvalue weighted by atomic mass is 79.9. The molecule has 1 aromatic heterocycles. The number of fused-ring (bicyclic) bond motifs is 1. The van der Waals surface area contributed by atoms with Crippen molar-refractivity contribution in [2.24, 2.45) is 5.10 Å². The molecule has 0 fully saturated rings. The van der Waals surface area contributed by atoms with E-state index in [1.54, 1.807) is 18.3 Å². The van der Waals surface area contributed by atoms with E-state index < -0.39 is 0 Å². The van der Waals surface area contributed by atoms with Gasteiger partial charge < -0.3 is 9.30 Å². The molecule has 4 rings (SSSR count). The van der Waals surface area contributed by atoms with Crippen LogP contribution in [0.5, 0.6) is 5.75 Å². The predicted molar refractivity (Wildman–Crippen MR) is 123 cm³/mol. The minimum Gasteiger partial charge on any atom is -0.496 e. The van der Waals surface area contributed by atoms with Gasteiger partial charge in [0.2, 0.25) is 0 Å². The fourth-order valence-corrected chi connectivity index (χ4v) is 3.73.